The van der Waals surface area contributed by atoms with E-state index < -0.39 is 0 Å². The second-order valence-electron chi connectivity index (χ2n) is 6.19. The van der Waals surface area contributed by atoms with Crippen molar-refractivity contribution in [2.24, 2.45) is 11.3 Å². The second kappa shape index (κ2) is 6.37. The van der Waals surface area contributed by atoms with Crippen LogP contribution in [0.1, 0.15) is 51.8 Å². The van der Waals surface area contributed by atoms with Gasteiger partial charge in [0.15, 0.2) is 0 Å². The Morgan fingerprint density at radius 3 is 2.63 bits per heavy atom. The van der Waals surface area contributed by atoms with E-state index in [0.29, 0.717) is 23.9 Å². The summed E-state index contributed by atoms with van der Waals surface area (Å²) in [7, 11) is 1.87. The third-order valence-electron chi connectivity index (χ3n) is 3.91. The van der Waals surface area contributed by atoms with Gasteiger partial charge >= 0.3 is 6.01 Å². The maximum atomic E-state index is 5.54. The number of nitrogens with zero attached hydrogens (tertiary/aromatic N) is 2. The molecule has 0 atom stereocenters. The number of anilines is 1. The smallest absolute Gasteiger partial charge is 0.315 e. The van der Waals surface area contributed by atoms with Gasteiger partial charge in [-0.25, -0.2) is 0 Å². The minimum atomic E-state index is 0.422. The molecule has 0 aromatic carbocycles. The van der Waals surface area contributed by atoms with Gasteiger partial charge in [0.1, 0.15) is 0 Å². The van der Waals surface area contributed by atoms with Crippen LogP contribution in [0.4, 0.5) is 6.01 Å². The quantitative estimate of drug-likeness (QED) is 0.794. The van der Waals surface area contributed by atoms with Crippen LogP contribution in [-0.4, -0.2) is 23.8 Å². The Kier molecular flexibility index (Phi) is 4.80. The zero-order chi connectivity index (χ0) is 13.7. The molecule has 0 unspecified atom stereocenters. The van der Waals surface area contributed by atoms with Gasteiger partial charge in [0, 0.05) is 6.54 Å². The van der Waals surface area contributed by atoms with Gasteiger partial charge in [-0.3, -0.25) is 0 Å². The molecular formula is C14H26N4O. The fourth-order valence-electron chi connectivity index (χ4n) is 3.25. The van der Waals surface area contributed by atoms with E-state index in [2.05, 4.69) is 34.7 Å². The Morgan fingerprint density at radius 2 is 2.00 bits per heavy atom. The molecule has 1 aromatic rings. The predicted octanol–water partition coefficient (Wildman–Crippen LogP) is 2.81. The van der Waals surface area contributed by atoms with Crippen LogP contribution in [0.5, 0.6) is 0 Å². The van der Waals surface area contributed by atoms with Crippen LogP contribution in [0, 0.1) is 11.3 Å². The predicted molar refractivity (Wildman–Crippen MR) is 75.9 cm³/mol. The molecule has 0 radical (unpaired) electrons. The molecule has 0 spiro atoms. The lowest BCUT2D eigenvalue weighted by molar-refractivity contribution is 0.250. The van der Waals surface area contributed by atoms with Crippen LogP contribution in [0.25, 0.3) is 0 Å². The van der Waals surface area contributed by atoms with Crippen molar-refractivity contribution in [3.8, 4) is 0 Å². The Hall–Kier alpha value is -1.10. The maximum Gasteiger partial charge on any atom is 0.315 e. The van der Waals surface area contributed by atoms with Crippen molar-refractivity contribution < 1.29 is 4.42 Å². The van der Waals surface area contributed by atoms with Crippen LogP contribution in [0.3, 0.4) is 0 Å². The first kappa shape index (κ1) is 14.3. The van der Waals surface area contributed by atoms with Crippen LogP contribution < -0.4 is 10.6 Å². The molecule has 1 fully saturated rings. The van der Waals surface area contributed by atoms with Crippen LogP contribution in [-0.2, 0) is 6.54 Å². The first-order chi connectivity index (χ1) is 9.13. The summed E-state index contributed by atoms with van der Waals surface area (Å²) in [5.41, 5.74) is 0.422. The molecule has 0 amide bonds. The lowest BCUT2D eigenvalue weighted by Gasteiger charge is -2.30. The van der Waals surface area contributed by atoms with Crippen LogP contribution in [0.2, 0.25) is 0 Å². The highest BCUT2D eigenvalue weighted by molar-refractivity contribution is 5.18. The minimum absolute atomic E-state index is 0.422. The lowest BCUT2D eigenvalue weighted by Crippen LogP contribution is -2.28. The third kappa shape index (κ3) is 3.93. The molecule has 2 rings (SSSR count). The molecule has 0 saturated heterocycles. The molecular weight excluding hydrogens is 240 g/mol. The zero-order valence-electron chi connectivity index (χ0n) is 12.3. The molecule has 0 bridgehead atoms. The number of nitrogens with one attached hydrogen (secondary N) is 2. The molecule has 5 heteroatoms. The summed E-state index contributed by atoms with van der Waals surface area (Å²) in [6.07, 6.45) is 6.61. The highest BCUT2D eigenvalue weighted by atomic mass is 16.4. The van der Waals surface area contributed by atoms with E-state index in [4.69, 9.17) is 4.42 Å². The van der Waals surface area contributed by atoms with Gasteiger partial charge in [-0.05, 0) is 37.6 Å². The van der Waals surface area contributed by atoms with E-state index >= 15 is 0 Å². The topological polar surface area (TPSA) is 63.0 Å². The normalized spacial score (nSPS) is 18.1. The van der Waals surface area contributed by atoms with Gasteiger partial charge in [0.2, 0.25) is 5.89 Å². The molecule has 108 valence electrons. The standard InChI is InChI=1S/C14H26N4O/c1-11(2)8-14(6-4-5-7-14)10-16-13-18-17-12(19-13)9-15-3/h11,15H,4-10H2,1-3H3,(H,16,18). The summed E-state index contributed by atoms with van der Waals surface area (Å²) in [6.45, 7) is 6.17. The van der Waals surface area contributed by atoms with E-state index in [-0.39, 0.29) is 0 Å². The highest BCUT2D eigenvalue weighted by Gasteiger charge is 2.34. The Balaban J connectivity index is 1.90. The van der Waals surface area contributed by atoms with Crippen molar-refractivity contribution in [2.75, 3.05) is 18.9 Å². The van der Waals surface area contributed by atoms with E-state index in [0.717, 1.165) is 12.5 Å². The minimum Gasteiger partial charge on any atom is -0.407 e. The number of hydrogen-bond acceptors (Lipinski definition) is 5. The van der Waals surface area contributed by atoms with Crippen molar-refractivity contribution in [1.82, 2.24) is 15.5 Å². The van der Waals surface area contributed by atoms with Crippen molar-refractivity contribution in [3.63, 3.8) is 0 Å². The van der Waals surface area contributed by atoms with Gasteiger partial charge in [-0.1, -0.05) is 31.8 Å². The SMILES string of the molecule is CNCc1nnc(NCC2(CC(C)C)CCCC2)o1. The molecule has 1 saturated carbocycles. The summed E-state index contributed by atoms with van der Waals surface area (Å²) >= 11 is 0. The number of rotatable bonds is 7. The van der Waals surface area contributed by atoms with Crippen molar-refractivity contribution in [3.05, 3.63) is 5.89 Å². The molecule has 5 nitrogen and oxygen atoms in total. The average Bonchev–Trinajstić information content (AvgIpc) is 2.97. The zero-order valence-corrected chi connectivity index (χ0v) is 12.3. The van der Waals surface area contributed by atoms with E-state index in [1.54, 1.807) is 0 Å². The highest BCUT2D eigenvalue weighted by Crippen LogP contribution is 2.43. The van der Waals surface area contributed by atoms with Crippen molar-refractivity contribution in [2.45, 2.75) is 52.5 Å². The number of hydrogen-bond donors (Lipinski definition) is 2. The van der Waals surface area contributed by atoms with Gasteiger partial charge in [-0.15, -0.1) is 5.10 Å². The second-order valence-corrected chi connectivity index (χ2v) is 6.19. The molecule has 1 heterocycles. The summed E-state index contributed by atoms with van der Waals surface area (Å²) in [4.78, 5) is 0. The van der Waals surface area contributed by atoms with Crippen molar-refractivity contribution >= 4 is 6.01 Å². The molecule has 1 aliphatic carbocycles. The molecule has 1 aliphatic rings. The van der Waals surface area contributed by atoms with E-state index in [1.165, 1.54) is 32.1 Å². The fourth-order valence-corrected chi connectivity index (χ4v) is 3.25. The Labute approximate surface area is 115 Å². The summed E-state index contributed by atoms with van der Waals surface area (Å²) in [6, 6.07) is 0.556. The monoisotopic (exact) mass is 266 g/mol. The lowest BCUT2D eigenvalue weighted by atomic mass is 9.78. The summed E-state index contributed by atoms with van der Waals surface area (Å²) < 4.78 is 5.54. The maximum absolute atomic E-state index is 5.54. The van der Waals surface area contributed by atoms with Crippen LogP contribution >= 0.6 is 0 Å². The largest absolute Gasteiger partial charge is 0.407 e. The first-order valence-corrected chi connectivity index (χ1v) is 7.34. The number of aromatic nitrogens is 2. The van der Waals surface area contributed by atoms with Crippen molar-refractivity contribution in [1.29, 1.82) is 0 Å². The molecule has 0 aliphatic heterocycles. The molecule has 19 heavy (non-hydrogen) atoms. The summed E-state index contributed by atoms with van der Waals surface area (Å²) in [5.74, 6) is 1.37. The molecule has 2 N–H and O–H groups in total. The molecule has 1 aromatic heterocycles. The van der Waals surface area contributed by atoms with E-state index in [1.807, 2.05) is 7.05 Å². The average molecular weight is 266 g/mol. The van der Waals surface area contributed by atoms with Crippen LogP contribution in [0.15, 0.2) is 4.42 Å². The Bertz CT molecular complexity index is 383. The Morgan fingerprint density at radius 1 is 1.26 bits per heavy atom. The third-order valence-corrected chi connectivity index (χ3v) is 3.91. The van der Waals surface area contributed by atoms with Gasteiger partial charge < -0.3 is 15.1 Å². The van der Waals surface area contributed by atoms with E-state index in [9.17, 15) is 0 Å². The van der Waals surface area contributed by atoms with Gasteiger partial charge in [0.05, 0.1) is 6.54 Å². The fraction of sp³-hybridized carbons (Fsp3) is 0.857. The van der Waals surface area contributed by atoms with Gasteiger partial charge in [-0.2, -0.15) is 0 Å². The van der Waals surface area contributed by atoms with Gasteiger partial charge in [0.25, 0.3) is 0 Å². The summed E-state index contributed by atoms with van der Waals surface area (Å²) in [5, 5.41) is 14.4. The first-order valence-electron chi connectivity index (χ1n) is 7.34.